The molecular formula is C11H17NO2. The van der Waals surface area contributed by atoms with E-state index in [4.69, 9.17) is 5.11 Å². The van der Waals surface area contributed by atoms with Crippen LogP contribution in [0.25, 0.3) is 0 Å². The second kappa shape index (κ2) is 5.02. The maximum atomic E-state index is 10.8. The third-order valence-corrected chi connectivity index (χ3v) is 2.90. The number of carboxylic acid groups (broad SMARTS) is 1. The zero-order chi connectivity index (χ0) is 10.6. The Morgan fingerprint density at radius 2 is 2.36 bits per heavy atom. The average Bonchev–Trinajstić information content (AvgIpc) is 2.48. The Labute approximate surface area is 85.1 Å². The predicted molar refractivity (Wildman–Crippen MR) is 54.8 cm³/mol. The van der Waals surface area contributed by atoms with Crippen molar-refractivity contribution in [1.29, 1.82) is 0 Å². The minimum Gasteiger partial charge on any atom is -0.481 e. The maximum Gasteiger partial charge on any atom is 0.308 e. The molecule has 1 N–H and O–H groups in total. The van der Waals surface area contributed by atoms with Crippen molar-refractivity contribution in [2.75, 3.05) is 13.1 Å². The highest BCUT2D eigenvalue weighted by Crippen LogP contribution is 2.23. The highest BCUT2D eigenvalue weighted by molar-refractivity contribution is 5.71. The van der Waals surface area contributed by atoms with Crippen molar-refractivity contribution < 1.29 is 9.90 Å². The molecule has 78 valence electrons. The zero-order valence-corrected chi connectivity index (χ0v) is 8.79. The lowest BCUT2D eigenvalue weighted by Gasteiger charge is -2.21. The second-order valence-electron chi connectivity index (χ2n) is 3.69. The third-order valence-electron chi connectivity index (χ3n) is 2.90. The SMILES string of the molecule is CC#CCCN1CCC(C(=O)O)C1C. The summed E-state index contributed by atoms with van der Waals surface area (Å²) in [6, 6.07) is 0.158. The Morgan fingerprint density at radius 1 is 1.64 bits per heavy atom. The lowest BCUT2D eigenvalue weighted by atomic mass is 10.0. The van der Waals surface area contributed by atoms with Gasteiger partial charge in [0.05, 0.1) is 5.92 Å². The van der Waals surface area contributed by atoms with Crippen LogP contribution in [0, 0.1) is 17.8 Å². The average molecular weight is 195 g/mol. The summed E-state index contributed by atoms with van der Waals surface area (Å²) in [4.78, 5) is 13.0. The van der Waals surface area contributed by atoms with Gasteiger partial charge in [0.15, 0.2) is 0 Å². The molecule has 0 bridgehead atoms. The first kappa shape index (κ1) is 11.1. The van der Waals surface area contributed by atoms with Crippen LogP contribution in [0.5, 0.6) is 0 Å². The van der Waals surface area contributed by atoms with E-state index in [0.29, 0.717) is 0 Å². The van der Waals surface area contributed by atoms with Crippen LogP contribution in [-0.4, -0.2) is 35.1 Å². The second-order valence-corrected chi connectivity index (χ2v) is 3.69. The number of aliphatic carboxylic acids is 1. The van der Waals surface area contributed by atoms with Crippen molar-refractivity contribution in [2.24, 2.45) is 5.92 Å². The molecule has 0 saturated carbocycles. The van der Waals surface area contributed by atoms with Crippen LogP contribution < -0.4 is 0 Å². The first-order valence-electron chi connectivity index (χ1n) is 5.03. The van der Waals surface area contributed by atoms with Crippen molar-refractivity contribution in [3.8, 4) is 11.8 Å². The maximum absolute atomic E-state index is 10.8. The summed E-state index contributed by atoms with van der Waals surface area (Å²) in [7, 11) is 0. The Kier molecular flexibility index (Phi) is 3.97. The number of carbonyl (C=O) groups is 1. The Morgan fingerprint density at radius 3 is 2.86 bits per heavy atom. The fourth-order valence-electron chi connectivity index (χ4n) is 1.97. The fourth-order valence-corrected chi connectivity index (χ4v) is 1.97. The number of likely N-dealkylation sites (tertiary alicyclic amines) is 1. The van der Waals surface area contributed by atoms with Crippen LogP contribution in [0.4, 0.5) is 0 Å². The summed E-state index contributed by atoms with van der Waals surface area (Å²) in [5, 5.41) is 8.92. The summed E-state index contributed by atoms with van der Waals surface area (Å²) in [5.41, 5.74) is 0. The first-order valence-corrected chi connectivity index (χ1v) is 5.03. The van der Waals surface area contributed by atoms with Crippen LogP contribution in [-0.2, 0) is 4.79 Å². The molecule has 1 rings (SSSR count). The van der Waals surface area contributed by atoms with Crippen LogP contribution in [0.2, 0.25) is 0 Å². The summed E-state index contributed by atoms with van der Waals surface area (Å²) in [6.45, 7) is 5.61. The number of nitrogens with zero attached hydrogens (tertiary/aromatic N) is 1. The molecule has 3 heteroatoms. The summed E-state index contributed by atoms with van der Waals surface area (Å²) < 4.78 is 0. The smallest absolute Gasteiger partial charge is 0.308 e. The standard InChI is InChI=1S/C11H17NO2/c1-3-4-5-7-12-8-6-10(9(12)2)11(13)14/h9-10H,5-8H2,1-2H3,(H,13,14). The largest absolute Gasteiger partial charge is 0.481 e. The molecule has 14 heavy (non-hydrogen) atoms. The molecule has 1 saturated heterocycles. The minimum absolute atomic E-state index is 0.158. The normalized spacial score (nSPS) is 27.0. The third kappa shape index (κ3) is 2.49. The Bertz CT molecular complexity index is 264. The van der Waals surface area contributed by atoms with E-state index >= 15 is 0 Å². The molecule has 1 heterocycles. The van der Waals surface area contributed by atoms with Crippen molar-refractivity contribution in [3.63, 3.8) is 0 Å². The van der Waals surface area contributed by atoms with Gasteiger partial charge in [-0.15, -0.1) is 11.8 Å². The van der Waals surface area contributed by atoms with E-state index in [1.165, 1.54) is 0 Å². The zero-order valence-electron chi connectivity index (χ0n) is 8.79. The molecule has 3 nitrogen and oxygen atoms in total. The van der Waals surface area contributed by atoms with Gasteiger partial charge in [0, 0.05) is 19.0 Å². The van der Waals surface area contributed by atoms with E-state index in [2.05, 4.69) is 16.7 Å². The van der Waals surface area contributed by atoms with Gasteiger partial charge in [0.2, 0.25) is 0 Å². The molecule has 0 aromatic carbocycles. The molecule has 0 spiro atoms. The van der Waals surface area contributed by atoms with Gasteiger partial charge < -0.3 is 5.11 Å². The molecule has 0 amide bonds. The molecule has 0 aromatic rings. The van der Waals surface area contributed by atoms with Gasteiger partial charge in [0.25, 0.3) is 0 Å². The van der Waals surface area contributed by atoms with E-state index in [9.17, 15) is 4.79 Å². The number of rotatable bonds is 3. The van der Waals surface area contributed by atoms with Gasteiger partial charge in [-0.3, -0.25) is 9.69 Å². The minimum atomic E-state index is -0.665. The lowest BCUT2D eigenvalue weighted by Crippen LogP contribution is -2.33. The van der Waals surface area contributed by atoms with E-state index in [0.717, 1.165) is 25.9 Å². The molecule has 0 aliphatic carbocycles. The van der Waals surface area contributed by atoms with Gasteiger partial charge in [-0.2, -0.15) is 0 Å². The summed E-state index contributed by atoms with van der Waals surface area (Å²) in [6.07, 6.45) is 1.61. The molecule has 2 unspecified atom stereocenters. The van der Waals surface area contributed by atoms with Crippen molar-refractivity contribution in [3.05, 3.63) is 0 Å². The molecule has 1 aliphatic rings. The summed E-state index contributed by atoms with van der Waals surface area (Å²) in [5.74, 6) is 4.99. The van der Waals surface area contributed by atoms with E-state index < -0.39 is 5.97 Å². The lowest BCUT2D eigenvalue weighted by molar-refractivity contribution is -0.142. The topological polar surface area (TPSA) is 40.5 Å². The molecule has 1 aliphatic heterocycles. The van der Waals surface area contributed by atoms with Gasteiger partial charge in [-0.1, -0.05) is 0 Å². The van der Waals surface area contributed by atoms with Crippen molar-refractivity contribution >= 4 is 5.97 Å². The van der Waals surface area contributed by atoms with Crippen molar-refractivity contribution in [1.82, 2.24) is 4.90 Å². The molecule has 0 aromatic heterocycles. The van der Waals surface area contributed by atoms with Crippen LogP contribution in [0.15, 0.2) is 0 Å². The Balaban J connectivity index is 2.41. The van der Waals surface area contributed by atoms with Gasteiger partial charge in [-0.05, 0) is 26.8 Å². The molecule has 0 radical (unpaired) electrons. The first-order chi connectivity index (χ1) is 6.66. The van der Waals surface area contributed by atoms with E-state index in [1.54, 1.807) is 0 Å². The van der Waals surface area contributed by atoms with E-state index in [-0.39, 0.29) is 12.0 Å². The van der Waals surface area contributed by atoms with Crippen LogP contribution in [0.1, 0.15) is 26.7 Å². The molecule has 1 fully saturated rings. The fraction of sp³-hybridized carbons (Fsp3) is 0.727. The summed E-state index contributed by atoms with van der Waals surface area (Å²) >= 11 is 0. The van der Waals surface area contributed by atoms with Gasteiger partial charge in [-0.25, -0.2) is 0 Å². The monoisotopic (exact) mass is 195 g/mol. The van der Waals surface area contributed by atoms with Gasteiger partial charge in [0.1, 0.15) is 0 Å². The van der Waals surface area contributed by atoms with Crippen LogP contribution in [0.3, 0.4) is 0 Å². The predicted octanol–water partition coefficient (Wildman–Crippen LogP) is 1.19. The van der Waals surface area contributed by atoms with Gasteiger partial charge >= 0.3 is 5.97 Å². The van der Waals surface area contributed by atoms with E-state index in [1.807, 2.05) is 13.8 Å². The highest BCUT2D eigenvalue weighted by atomic mass is 16.4. The molecular weight excluding hydrogens is 178 g/mol. The van der Waals surface area contributed by atoms with Crippen LogP contribution >= 0.6 is 0 Å². The number of hydrogen-bond donors (Lipinski definition) is 1. The quantitative estimate of drug-likeness (QED) is 0.688. The number of carboxylic acids is 1. The Hall–Kier alpha value is -1.01. The molecule has 2 atom stereocenters. The highest BCUT2D eigenvalue weighted by Gasteiger charge is 2.34. The van der Waals surface area contributed by atoms with Crippen molar-refractivity contribution in [2.45, 2.75) is 32.7 Å². The number of hydrogen-bond acceptors (Lipinski definition) is 2.